The number of rotatable bonds is 3. The highest BCUT2D eigenvalue weighted by atomic mass is 16.1. The van der Waals surface area contributed by atoms with Gasteiger partial charge in [-0.15, -0.1) is 0 Å². The van der Waals surface area contributed by atoms with Crippen molar-refractivity contribution in [1.82, 2.24) is 10.2 Å². The van der Waals surface area contributed by atoms with Crippen LogP contribution in [0.3, 0.4) is 0 Å². The second-order valence-electron chi connectivity index (χ2n) is 4.68. The molecule has 0 bridgehead atoms. The fraction of sp³-hybridized carbons (Fsp3) is 0.909. The number of hydrogen-bond donors (Lipinski definition) is 2. The van der Waals surface area contributed by atoms with E-state index in [1.165, 1.54) is 25.7 Å². The Morgan fingerprint density at radius 1 is 1.27 bits per heavy atom. The second kappa shape index (κ2) is 4.94. The first kappa shape index (κ1) is 10.9. The number of nitrogens with zero attached hydrogens (tertiary/aromatic N) is 1. The van der Waals surface area contributed by atoms with Gasteiger partial charge in [-0.05, 0) is 18.8 Å². The topological polar surface area (TPSA) is 58.4 Å². The first-order valence-corrected chi connectivity index (χ1v) is 6.03. The lowest BCUT2D eigenvalue weighted by Gasteiger charge is -2.36. The molecule has 0 aromatic carbocycles. The summed E-state index contributed by atoms with van der Waals surface area (Å²) in [5, 5.41) is 3.31. The van der Waals surface area contributed by atoms with Gasteiger partial charge in [-0.2, -0.15) is 0 Å². The van der Waals surface area contributed by atoms with E-state index < -0.39 is 0 Å². The van der Waals surface area contributed by atoms with Crippen LogP contribution in [0.4, 0.5) is 0 Å². The fourth-order valence-corrected chi connectivity index (χ4v) is 2.94. The fourth-order valence-electron chi connectivity index (χ4n) is 2.94. The average Bonchev–Trinajstić information content (AvgIpc) is 2.72. The molecule has 15 heavy (non-hydrogen) atoms. The highest BCUT2D eigenvalue weighted by molar-refractivity contribution is 5.80. The Morgan fingerprint density at radius 3 is 2.40 bits per heavy atom. The minimum Gasteiger partial charge on any atom is -0.368 e. The van der Waals surface area contributed by atoms with E-state index in [1.807, 2.05) is 0 Å². The van der Waals surface area contributed by atoms with Crippen molar-refractivity contribution in [2.24, 2.45) is 11.7 Å². The van der Waals surface area contributed by atoms with Gasteiger partial charge in [0.1, 0.15) is 0 Å². The van der Waals surface area contributed by atoms with Crippen molar-refractivity contribution >= 4 is 5.91 Å². The largest absolute Gasteiger partial charge is 0.368 e. The molecule has 1 saturated heterocycles. The maximum absolute atomic E-state index is 11.5. The van der Waals surface area contributed by atoms with E-state index >= 15 is 0 Å². The molecule has 4 heteroatoms. The number of nitrogens with one attached hydrogen (secondary N) is 1. The van der Waals surface area contributed by atoms with Gasteiger partial charge in [0.15, 0.2) is 0 Å². The third-order valence-corrected chi connectivity index (χ3v) is 3.68. The molecule has 2 aliphatic rings. The van der Waals surface area contributed by atoms with Gasteiger partial charge in [-0.3, -0.25) is 9.69 Å². The normalized spacial score (nSPS) is 26.7. The molecule has 1 saturated carbocycles. The zero-order valence-corrected chi connectivity index (χ0v) is 9.24. The van der Waals surface area contributed by atoms with Gasteiger partial charge in [0.25, 0.3) is 0 Å². The van der Waals surface area contributed by atoms with E-state index in [2.05, 4.69) is 10.2 Å². The van der Waals surface area contributed by atoms with Gasteiger partial charge in [-0.1, -0.05) is 12.8 Å². The monoisotopic (exact) mass is 211 g/mol. The van der Waals surface area contributed by atoms with Gasteiger partial charge in [0.05, 0.1) is 6.04 Å². The van der Waals surface area contributed by atoms with Crippen LogP contribution in [0.5, 0.6) is 0 Å². The Bertz CT molecular complexity index is 220. The summed E-state index contributed by atoms with van der Waals surface area (Å²) in [5.74, 6) is 0.393. The van der Waals surface area contributed by atoms with E-state index in [0.717, 1.165) is 26.2 Å². The van der Waals surface area contributed by atoms with Gasteiger partial charge >= 0.3 is 0 Å². The van der Waals surface area contributed by atoms with Crippen LogP contribution in [-0.2, 0) is 4.79 Å². The molecule has 1 heterocycles. The molecule has 3 N–H and O–H groups in total. The summed E-state index contributed by atoms with van der Waals surface area (Å²) in [6.45, 7) is 3.89. The maximum Gasteiger partial charge on any atom is 0.235 e. The Hall–Kier alpha value is -0.610. The summed E-state index contributed by atoms with van der Waals surface area (Å²) in [6, 6.07) is -0.00500. The van der Waals surface area contributed by atoms with Gasteiger partial charge in [-0.25, -0.2) is 0 Å². The van der Waals surface area contributed by atoms with Gasteiger partial charge in [0, 0.05) is 26.2 Å². The molecule has 1 unspecified atom stereocenters. The lowest BCUT2D eigenvalue weighted by atomic mass is 9.95. The molecule has 4 nitrogen and oxygen atoms in total. The number of nitrogens with two attached hydrogens (primary N) is 1. The highest BCUT2D eigenvalue weighted by Crippen LogP contribution is 2.30. The number of amides is 1. The Labute approximate surface area is 91.2 Å². The van der Waals surface area contributed by atoms with Crippen molar-refractivity contribution in [1.29, 1.82) is 0 Å². The van der Waals surface area contributed by atoms with Crippen LogP contribution in [0, 0.1) is 5.92 Å². The van der Waals surface area contributed by atoms with Crippen LogP contribution in [-0.4, -0.2) is 43.0 Å². The summed E-state index contributed by atoms with van der Waals surface area (Å²) in [7, 11) is 0. The van der Waals surface area contributed by atoms with Crippen LogP contribution in [0.2, 0.25) is 0 Å². The molecule has 1 amide bonds. The zero-order valence-electron chi connectivity index (χ0n) is 9.24. The molecule has 2 rings (SSSR count). The van der Waals surface area contributed by atoms with E-state index in [4.69, 9.17) is 5.73 Å². The van der Waals surface area contributed by atoms with E-state index in [9.17, 15) is 4.79 Å². The first-order chi connectivity index (χ1) is 7.29. The molecular weight excluding hydrogens is 190 g/mol. The summed E-state index contributed by atoms with van der Waals surface area (Å²) in [4.78, 5) is 13.8. The quantitative estimate of drug-likeness (QED) is 0.687. The number of hydrogen-bond acceptors (Lipinski definition) is 3. The highest BCUT2D eigenvalue weighted by Gasteiger charge is 2.34. The number of primary amides is 1. The molecular formula is C11H21N3O. The van der Waals surface area contributed by atoms with Crippen molar-refractivity contribution in [2.45, 2.75) is 31.7 Å². The van der Waals surface area contributed by atoms with Crippen molar-refractivity contribution < 1.29 is 4.79 Å². The summed E-state index contributed by atoms with van der Waals surface area (Å²) < 4.78 is 0. The Balaban J connectivity index is 2.00. The van der Waals surface area contributed by atoms with Crippen molar-refractivity contribution in [3.8, 4) is 0 Å². The number of carbonyl (C=O) groups excluding carboxylic acids is 1. The molecule has 86 valence electrons. The van der Waals surface area contributed by atoms with Crippen LogP contribution < -0.4 is 11.1 Å². The minimum atomic E-state index is -0.121. The standard InChI is InChI=1S/C11H21N3O/c12-11(15)10(9-3-1-2-4-9)14-7-5-13-6-8-14/h9-10,13H,1-8H2,(H2,12,15). The average molecular weight is 211 g/mol. The van der Waals surface area contributed by atoms with E-state index in [0.29, 0.717) is 5.92 Å². The summed E-state index contributed by atoms with van der Waals surface area (Å²) in [5.41, 5.74) is 5.55. The molecule has 0 radical (unpaired) electrons. The van der Waals surface area contributed by atoms with Gasteiger partial charge < -0.3 is 11.1 Å². The molecule has 1 aliphatic carbocycles. The molecule has 1 aliphatic heterocycles. The third kappa shape index (κ3) is 2.49. The summed E-state index contributed by atoms with van der Waals surface area (Å²) in [6.07, 6.45) is 4.89. The van der Waals surface area contributed by atoms with E-state index in [-0.39, 0.29) is 11.9 Å². The Morgan fingerprint density at radius 2 is 1.87 bits per heavy atom. The van der Waals surface area contributed by atoms with Crippen LogP contribution in [0.15, 0.2) is 0 Å². The van der Waals surface area contributed by atoms with Crippen LogP contribution in [0.1, 0.15) is 25.7 Å². The lowest BCUT2D eigenvalue weighted by molar-refractivity contribution is -0.125. The van der Waals surface area contributed by atoms with Crippen LogP contribution >= 0.6 is 0 Å². The maximum atomic E-state index is 11.5. The van der Waals surface area contributed by atoms with Crippen molar-refractivity contribution in [3.05, 3.63) is 0 Å². The SMILES string of the molecule is NC(=O)C(C1CCCC1)N1CCNCC1. The zero-order chi connectivity index (χ0) is 10.7. The van der Waals surface area contributed by atoms with Crippen LogP contribution in [0.25, 0.3) is 0 Å². The van der Waals surface area contributed by atoms with Gasteiger partial charge in [0.2, 0.25) is 5.91 Å². The smallest absolute Gasteiger partial charge is 0.235 e. The molecule has 0 spiro atoms. The first-order valence-electron chi connectivity index (χ1n) is 6.03. The predicted molar refractivity (Wildman–Crippen MR) is 59.4 cm³/mol. The number of carbonyl (C=O) groups is 1. The molecule has 1 atom stereocenters. The predicted octanol–water partition coefficient (Wildman–Crippen LogP) is -0.0643. The second-order valence-corrected chi connectivity index (χ2v) is 4.68. The van der Waals surface area contributed by atoms with E-state index in [1.54, 1.807) is 0 Å². The minimum absolute atomic E-state index is 0.00500. The van der Waals surface area contributed by atoms with Crippen molar-refractivity contribution in [3.63, 3.8) is 0 Å². The number of piperazine rings is 1. The van der Waals surface area contributed by atoms with Crippen molar-refractivity contribution in [2.75, 3.05) is 26.2 Å². The lowest BCUT2D eigenvalue weighted by Crippen LogP contribution is -2.55. The summed E-state index contributed by atoms with van der Waals surface area (Å²) >= 11 is 0. The Kier molecular flexibility index (Phi) is 3.59. The third-order valence-electron chi connectivity index (χ3n) is 3.68. The molecule has 2 fully saturated rings. The molecule has 0 aromatic heterocycles. The molecule has 0 aromatic rings.